The van der Waals surface area contributed by atoms with Crippen LogP contribution in [0, 0.1) is 5.92 Å². The van der Waals surface area contributed by atoms with Gasteiger partial charge in [0, 0.05) is 17.3 Å². The minimum atomic E-state index is -0.627. The Morgan fingerprint density at radius 2 is 2.13 bits per heavy atom. The van der Waals surface area contributed by atoms with Gasteiger partial charge < -0.3 is 10.4 Å². The van der Waals surface area contributed by atoms with Crippen LogP contribution >= 0.6 is 11.8 Å². The van der Waals surface area contributed by atoms with Gasteiger partial charge in [0.05, 0.1) is 5.92 Å². The molecule has 2 aliphatic rings. The first-order valence-electron chi connectivity index (χ1n) is 5.72. The fraction of sp³-hybridized carbons (Fsp3) is 0.909. The van der Waals surface area contributed by atoms with E-state index in [1.165, 1.54) is 19.3 Å². The van der Waals surface area contributed by atoms with Crippen LogP contribution in [0.5, 0.6) is 0 Å². The highest BCUT2D eigenvalue weighted by atomic mass is 32.2. The number of hydrogen-bond donors (Lipinski definition) is 2. The molecule has 2 aliphatic carbocycles. The van der Waals surface area contributed by atoms with Crippen molar-refractivity contribution in [2.45, 2.75) is 49.4 Å². The Kier molecular flexibility index (Phi) is 3.57. The SMILES string of the molecule is CSC1CCC(NC2CCC2C(=O)O)C1. The summed E-state index contributed by atoms with van der Waals surface area (Å²) in [5.74, 6) is -0.753. The van der Waals surface area contributed by atoms with Gasteiger partial charge in [-0.15, -0.1) is 0 Å². The molecule has 4 unspecified atom stereocenters. The summed E-state index contributed by atoms with van der Waals surface area (Å²) in [5.41, 5.74) is 0. The highest BCUT2D eigenvalue weighted by Crippen LogP contribution is 2.32. The number of rotatable bonds is 4. The summed E-state index contributed by atoms with van der Waals surface area (Å²) in [6.45, 7) is 0. The molecule has 4 atom stereocenters. The van der Waals surface area contributed by atoms with Crippen LogP contribution in [0.25, 0.3) is 0 Å². The third-order valence-electron chi connectivity index (χ3n) is 3.76. The molecule has 0 heterocycles. The van der Waals surface area contributed by atoms with Gasteiger partial charge in [0.15, 0.2) is 0 Å². The first-order chi connectivity index (χ1) is 7.20. The maximum Gasteiger partial charge on any atom is 0.308 e. The maximum atomic E-state index is 10.8. The number of thioether (sulfide) groups is 1. The Labute approximate surface area is 95.0 Å². The van der Waals surface area contributed by atoms with E-state index in [-0.39, 0.29) is 12.0 Å². The van der Waals surface area contributed by atoms with Crippen molar-refractivity contribution >= 4 is 17.7 Å². The molecule has 0 aromatic rings. The predicted octanol–water partition coefficient (Wildman–Crippen LogP) is 1.72. The summed E-state index contributed by atoms with van der Waals surface area (Å²) < 4.78 is 0. The van der Waals surface area contributed by atoms with Crippen LogP contribution in [0.15, 0.2) is 0 Å². The van der Waals surface area contributed by atoms with Crippen LogP contribution in [0.4, 0.5) is 0 Å². The summed E-state index contributed by atoms with van der Waals surface area (Å²) in [5, 5.41) is 13.2. The van der Waals surface area contributed by atoms with Crippen LogP contribution in [-0.4, -0.2) is 34.7 Å². The Bertz CT molecular complexity index is 247. The largest absolute Gasteiger partial charge is 0.481 e. The van der Waals surface area contributed by atoms with Gasteiger partial charge in [0.1, 0.15) is 0 Å². The van der Waals surface area contributed by atoms with Gasteiger partial charge in [-0.3, -0.25) is 4.79 Å². The van der Waals surface area contributed by atoms with E-state index in [1.54, 1.807) is 0 Å². The second-order valence-corrected chi connectivity index (χ2v) is 5.80. The van der Waals surface area contributed by atoms with Crippen molar-refractivity contribution in [3.8, 4) is 0 Å². The molecule has 4 heteroatoms. The van der Waals surface area contributed by atoms with Gasteiger partial charge in [-0.05, 0) is 38.4 Å². The van der Waals surface area contributed by atoms with Gasteiger partial charge in [-0.25, -0.2) is 0 Å². The van der Waals surface area contributed by atoms with E-state index in [2.05, 4.69) is 11.6 Å². The van der Waals surface area contributed by atoms with Crippen LogP contribution in [0.2, 0.25) is 0 Å². The summed E-state index contributed by atoms with van der Waals surface area (Å²) in [7, 11) is 0. The first kappa shape index (κ1) is 11.3. The highest BCUT2D eigenvalue weighted by molar-refractivity contribution is 7.99. The minimum Gasteiger partial charge on any atom is -0.481 e. The number of nitrogens with one attached hydrogen (secondary N) is 1. The molecule has 0 radical (unpaired) electrons. The van der Waals surface area contributed by atoms with Gasteiger partial charge in [-0.2, -0.15) is 11.8 Å². The predicted molar refractivity (Wildman–Crippen MR) is 62.2 cm³/mol. The second-order valence-electron chi connectivity index (χ2n) is 4.66. The van der Waals surface area contributed by atoms with Crippen molar-refractivity contribution in [1.29, 1.82) is 0 Å². The van der Waals surface area contributed by atoms with Crippen molar-refractivity contribution < 1.29 is 9.90 Å². The summed E-state index contributed by atoms with van der Waals surface area (Å²) in [6.07, 6.45) is 7.77. The minimum absolute atomic E-state index is 0.127. The normalized spacial score (nSPS) is 40.1. The fourth-order valence-electron chi connectivity index (χ4n) is 2.60. The molecule has 2 fully saturated rings. The van der Waals surface area contributed by atoms with Crippen molar-refractivity contribution in [2.75, 3.05) is 6.26 Å². The van der Waals surface area contributed by atoms with Gasteiger partial charge in [-0.1, -0.05) is 0 Å². The fourth-order valence-corrected chi connectivity index (χ4v) is 3.40. The molecule has 0 bridgehead atoms. The lowest BCUT2D eigenvalue weighted by molar-refractivity contribution is -0.146. The Hall–Kier alpha value is -0.220. The third-order valence-corrected chi connectivity index (χ3v) is 4.85. The van der Waals surface area contributed by atoms with Gasteiger partial charge in [0.2, 0.25) is 0 Å². The zero-order chi connectivity index (χ0) is 10.8. The Morgan fingerprint density at radius 3 is 2.60 bits per heavy atom. The van der Waals surface area contributed by atoms with E-state index in [0.717, 1.165) is 18.1 Å². The standard InChI is InChI=1S/C11H19NO2S/c1-15-8-3-2-7(6-8)12-10-5-4-9(10)11(13)14/h7-10,12H,2-6H2,1H3,(H,13,14). The molecule has 2 saturated carbocycles. The molecular weight excluding hydrogens is 210 g/mol. The molecule has 86 valence electrons. The van der Waals surface area contributed by atoms with Gasteiger partial charge >= 0.3 is 5.97 Å². The van der Waals surface area contributed by atoms with Crippen LogP contribution in [0.1, 0.15) is 32.1 Å². The molecule has 3 nitrogen and oxygen atoms in total. The van der Waals surface area contributed by atoms with E-state index < -0.39 is 5.97 Å². The van der Waals surface area contributed by atoms with E-state index in [9.17, 15) is 4.79 Å². The Morgan fingerprint density at radius 1 is 1.33 bits per heavy atom. The number of carboxylic acid groups (broad SMARTS) is 1. The van der Waals surface area contributed by atoms with Crippen LogP contribution in [0.3, 0.4) is 0 Å². The molecule has 0 aromatic carbocycles. The number of aliphatic carboxylic acids is 1. The van der Waals surface area contributed by atoms with E-state index in [0.29, 0.717) is 6.04 Å². The monoisotopic (exact) mass is 229 g/mol. The summed E-state index contributed by atoms with van der Waals surface area (Å²) >= 11 is 1.94. The molecular formula is C11H19NO2S. The highest BCUT2D eigenvalue weighted by Gasteiger charge is 2.38. The molecule has 2 rings (SSSR count). The Balaban J connectivity index is 1.76. The van der Waals surface area contributed by atoms with Crippen LogP contribution in [-0.2, 0) is 4.79 Å². The number of hydrogen-bond acceptors (Lipinski definition) is 3. The molecule has 2 N–H and O–H groups in total. The number of carbonyl (C=O) groups is 1. The van der Waals surface area contributed by atoms with Crippen molar-refractivity contribution in [3.63, 3.8) is 0 Å². The zero-order valence-corrected chi connectivity index (χ0v) is 9.93. The lowest BCUT2D eigenvalue weighted by Gasteiger charge is -2.36. The third kappa shape index (κ3) is 2.48. The van der Waals surface area contributed by atoms with E-state index >= 15 is 0 Å². The smallest absolute Gasteiger partial charge is 0.308 e. The average molecular weight is 229 g/mol. The van der Waals surface area contributed by atoms with Crippen molar-refractivity contribution in [1.82, 2.24) is 5.32 Å². The molecule has 0 aliphatic heterocycles. The summed E-state index contributed by atoms with van der Waals surface area (Å²) in [6, 6.07) is 0.808. The quantitative estimate of drug-likeness (QED) is 0.770. The van der Waals surface area contributed by atoms with Crippen LogP contribution < -0.4 is 5.32 Å². The van der Waals surface area contributed by atoms with Gasteiger partial charge in [0.25, 0.3) is 0 Å². The average Bonchev–Trinajstić information content (AvgIpc) is 2.59. The second kappa shape index (κ2) is 4.74. The topological polar surface area (TPSA) is 49.3 Å². The van der Waals surface area contributed by atoms with Crippen molar-refractivity contribution in [2.24, 2.45) is 5.92 Å². The molecule has 0 aromatic heterocycles. The lowest BCUT2D eigenvalue weighted by atomic mass is 9.79. The molecule has 0 saturated heterocycles. The summed E-state index contributed by atoms with van der Waals surface area (Å²) in [4.78, 5) is 10.8. The molecule has 15 heavy (non-hydrogen) atoms. The lowest BCUT2D eigenvalue weighted by Crippen LogP contribution is -2.50. The first-order valence-corrected chi connectivity index (χ1v) is 7.01. The van der Waals surface area contributed by atoms with E-state index in [4.69, 9.17) is 5.11 Å². The number of carboxylic acids is 1. The molecule has 0 spiro atoms. The van der Waals surface area contributed by atoms with Crippen molar-refractivity contribution in [3.05, 3.63) is 0 Å². The maximum absolute atomic E-state index is 10.8. The molecule has 0 amide bonds. The van der Waals surface area contributed by atoms with E-state index in [1.807, 2.05) is 11.8 Å². The zero-order valence-electron chi connectivity index (χ0n) is 9.11.